The van der Waals surface area contributed by atoms with E-state index in [9.17, 15) is 0 Å². The highest BCUT2D eigenvalue weighted by molar-refractivity contribution is 7.71. The van der Waals surface area contributed by atoms with Crippen molar-refractivity contribution in [2.24, 2.45) is 5.10 Å². The Morgan fingerprint density at radius 2 is 1.67 bits per heavy atom. The lowest BCUT2D eigenvalue weighted by Crippen LogP contribution is -1.98. The standard InChI is InChI=1S/C22H20N4O3S/c1-27-18-10-8-14-6-4-5-7-16(14)17(18)13-23-26-21(24-25-22(26)30)15-9-11-19(28-2)20(12-15)29-3/h4-13H,1-3H3,(H,25,30)/b23-13+. The van der Waals surface area contributed by atoms with Gasteiger partial charge < -0.3 is 14.2 Å². The molecular weight excluding hydrogens is 400 g/mol. The predicted molar refractivity (Wildman–Crippen MR) is 119 cm³/mol. The first kappa shape index (κ1) is 19.7. The molecule has 1 heterocycles. The molecule has 0 amide bonds. The number of hydrogen-bond acceptors (Lipinski definition) is 6. The van der Waals surface area contributed by atoms with Gasteiger partial charge in [0, 0.05) is 11.1 Å². The number of fused-ring (bicyclic) bond motifs is 1. The van der Waals surface area contributed by atoms with Crippen LogP contribution in [0.25, 0.3) is 22.2 Å². The Morgan fingerprint density at radius 1 is 0.933 bits per heavy atom. The molecule has 0 radical (unpaired) electrons. The molecule has 0 bridgehead atoms. The predicted octanol–water partition coefficient (Wildman–Crippen LogP) is 4.67. The van der Waals surface area contributed by atoms with E-state index in [1.807, 2.05) is 54.6 Å². The number of benzene rings is 3. The normalized spacial score (nSPS) is 11.2. The fourth-order valence-electron chi connectivity index (χ4n) is 3.26. The van der Waals surface area contributed by atoms with Crippen LogP contribution >= 0.6 is 12.2 Å². The van der Waals surface area contributed by atoms with Crippen LogP contribution in [0, 0.1) is 4.77 Å². The number of ether oxygens (including phenoxy) is 3. The fourth-order valence-corrected chi connectivity index (χ4v) is 3.44. The minimum atomic E-state index is 0.371. The van der Waals surface area contributed by atoms with Gasteiger partial charge in [0.2, 0.25) is 4.77 Å². The average molecular weight is 420 g/mol. The van der Waals surface area contributed by atoms with Crippen LogP contribution in [0.15, 0.2) is 59.7 Å². The van der Waals surface area contributed by atoms with Crippen LogP contribution < -0.4 is 14.2 Å². The van der Waals surface area contributed by atoms with Gasteiger partial charge in [-0.2, -0.15) is 14.9 Å². The summed E-state index contributed by atoms with van der Waals surface area (Å²) in [4.78, 5) is 0. The van der Waals surface area contributed by atoms with Crippen molar-refractivity contribution in [3.63, 3.8) is 0 Å². The van der Waals surface area contributed by atoms with Crippen molar-refractivity contribution in [2.75, 3.05) is 21.3 Å². The number of nitrogens with zero attached hydrogens (tertiary/aromatic N) is 3. The number of nitrogens with one attached hydrogen (secondary N) is 1. The smallest absolute Gasteiger partial charge is 0.216 e. The molecule has 4 rings (SSSR count). The Balaban J connectivity index is 1.82. The van der Waals surface area contributed by atoms with E-state index < -0.39 is 0 Å². The SMILES string of the molecule is COc1ccc(-c2n[nH]c(=S)n2/N=C/c2c(OC)ccc3ccccc23)cc1OC. The van der Waals surface area contributed by atoms with Gasteiger partial charge >= 0.3 is 0 Å². The summed E-state index contributed by atoms with van der Waals surface area (Å²) >= 11 is 5.40. The van der Waals surface area contributed by atoms with Crippen LogP contribution in [0.3, 0.4) is 0 Å². The summed E-state index contributed by atoms with van der Waals surface area (Å²) in [6.07, 6.45) is 1.73. The van der Waals surface area contributed by atoms with Gasteiger partial charge in [0.05, 0.1) is 27.5 Å². The Morgan fingerprint density at radius 3 is 2.43 bits per heavy atom. The summed E-state index contributed by atoms with van der Waals surface area (Å²) < 4.78 is 18.2. The number of hydrogen-bond donors (Lipinski definition) is 1. The molecule has 0 atom stereocenters. The third kappa shape index (κ3) is 3.53. The molecule has 1 N–H and O–H groups in total. The van der Waals surface area contributed by atoms with Crippen molar-refractivity contribution < 1.29 is 14.2 Å². The van der Waals surface area contributed by atoms with Gasteiger partial charge in [-0.3, -0.25) is 0 Å². The summed E-state index contributed by atoms with van der Waals surface area (Å²) in [5.74, 6) is 2.50. The van der Waals surface area contributed by atoms with Crippen molar-refractivity contribution in [1.29, 1.82) is 0 Å². The molecule has 0 aliphatic carbocycles. The molecule has 0 unspecified atom stereocenters. The molecule has 0 aliphatic heterocycles. The van der Waals surface area contributed by atoms with Gasteiger partial charge in [-0.25, -0.2) is 5.10 Å². The first-order valence-corrected chi connectivity index (χ1v) is 9.57. The second-order valence-electron chi connectivity index (χ2n) is 6.38. The zero-order valence-corrected chi connectivity index (χ0v) is 17.6. The van der Waals surface area contributed by atoms with Crippen molar-refractivity contribution in [3.8, 4) is 28.6 Å². The highest BCUT2D eigenvalue weighted by Crippen LogP contribution is 2.32. The highest BCUT2D eigenvalue weighted by atomic mass is 32.1. The molecule has 152 valence electrons. The monoisotopic (exact) mass is 420 g/mol. The van der Waals surface area contributed by atoms with E-state index in [4.69, 9.17) is 26.4 Å². The van der Waals surface area contributed by atoms with Gasteiger partial charge in [0.1, 0.15) is 5.75 Å². The van der Waals surface area contributed by atoms with E-state index in [-0.39, 0.29) is 0 Å². The maximum absolute atomic E-state index is 5.54. The van der Waals surface area contributed by atoms with E-state index in [2.05, 4.69) is 15.3 Å². The van der Waals surface area contributed by atoms with E-state index in [1.165, 1.54) is 0 Å². The van der Waals surface area contributed by atoms with Crippen LogP contribution in [0.1, 0.15) is 5.56 Å². The van der Waals surface area contributed by atoms with Crippen molar-refractivity contribution in [1.82, 2.24) is 14.9 Å². The van der Waals surface area contributed by atoms with Crippen LogP contribution in [-0.4, -0.2) is 42.4 Å². The molecule has 30 heavy (non-hydrogen) atoms. The topological polar surface area (TPSA) is 73.7 Å². The maximum atomic E-state index is 5.54. The summed E-state index contributed by atoms with van der Waals surface area (Å²) in [7, 11) is 4.82. The molecular formula is C22H20N4O3S. The van der Waals surface area contributed by atoms with Gasteiger partial charge in [0.25, 0.3) is 0 Å². The number of aromatic amines is 1. The summed E-state index contributed by atoms with van der Waals surface area (Å²) in [5.41, 5.74) is 1.64. The number of aromatic nitrogens is 3. The molecule has 4 aromatic rings. The number of methoxy groups -OCH3 is 3. The average Bonchev–Trinajstić information content (AvgIpc) is 3.16. The molecule has 0 saturated carbocycles. The van der Waals surface area contributed by atoms with Crippen LogP contribution in [0.5, 0.6) is 17.2 Å². The van der Waals surface area contributed by atoms with Gasteiger partial charge in [0.15, 0.2) is 17.3 Å². The number of H-pyrrole nitrogens is 1. The van der Waals surface area contributed by atoms with Gasteiger partial charge in [-0.1, -0.05) is 30.3 Å². The molecule has 0 fully saturated rings. The molecule has 1 aromatic heterocycles. The minimum Gasteiger partial charge on any atom is -0.496 e. The van der Waals surface area contributed by atoms with Crippen LogP contribution in [0.4, 0.5) is 0 Å². The number of rotatable bonds is 6. The Bertz CT molecular complexity index is 1290. The molecule has 0 spiro atoms. The van der Waals surface area contributed by atoms with E-state index in [0.717, 1.165) is 27.6 Å². The lowest BCUT2D eigenvalue weighted by atomic mass is 10.0. The fraction of sp³-hybridized carbons (Fsp3) is 0.136. The Labute approximate surface area is 178 Å². The first-order chi connectivity index (χ1) is 14.7. The molecule has 0 aliphatic rings. The minimum absolute atomic E-state index is 0.371. The molecule has 7 nitrogen and oxygen atoms in total. The third-order valence-corrected chi connectivity index (χ3v) is 5.01. The lowest BCUT2D eigenvalue weighted by molar-refractivity contribution is 0.355. The quantitative estimate of drug-likeness (QED) is 0.362. The lowest BCUT2D eigenvalue weighted by Gasteiger charge is -2.10. The van der Waals surface area contributed by atoms with Crippen LogP contribution in [0.2, 0.25) is 0 Å². The second kappa shape index (κ2) is 8.38. The summed E-state index contributed by atoms with van der Waals surface area (Å²) in [6, 6.07) is 17.5. The van der Waals surface area contributed by atoms with Crippen molar-refractivity contribution in [3.05, 3.63) is 64.9 Å². The van der Waals surface area contributed by atoms with Gasteiger partial charge in [-0.05, 0) is 47.3 Å². The second-order valence-corrected chi connectivity index (χ2v) is 6.77. The zero-order chi connectivity index (χ0) is 21.1. The van der Waals surface area contributed by atoms with E-state index in [1.54, 1.807) is 32.2 Å². The van der Waals surface area contributed by atoms with Crippen molar-refractivity contribution >= 4 is 29.2 Å². The summed E-state index contributed by atoms with van der Waals surface area (Å²) in [6.45, 7) is 0. The van der Waals surface area contributed by atoms with Gasteiger partial charge in [-0.15, -0.1) is 0 Å². The maximum Gasteiger partial charge on any atom is 0.216 e. The molecule has 0 saturated heterocycles. The molecule has 8 heteroatoms. The Hall–Kier alpha value is -3.65. The van der Waals surface area contributed by atoms with Crippen molar-refractivity contribution in [2.45, 2.75) is 0 Å². The largest absolute Gasteiger partial charge is 0.496 e. The third-order valence-electron chi connectivity index (χ3n) is 4.75. The van der Waals surface area contributed by atoms with Crippen LogP contribution in [-0.2, 0) is 0 Å². The highest BCUT2D eigenvalue weighted by Gasteiger charge is 2.13. The summed E-state index contributed by atoms with van der Waals surface area (Å²) in [5, 5.41) is 13.9. The van der Waals surface area contributed by atoms with E-state index >= 15 is 0 Å². The van der Waals surface area contributed by atoms with E-state index in [0.29, 0.717) is 22.1 Å². The molecule has 3 aromatic carbocycles. The Kier molecular flexibility index (Phi) is 5.49. The first-order valence-electron chi connectivity index (χ1n) is 9.16. The zero-order valence-electron chi connectivity index (χ0n) is 16.7.